The van der Waals surface area contributed by atoms with Crippen LogP contribution >= 0.6 is 11.8 Å². The van der Waals surface area contributed by atoms with Crippen molar-refractivity contribution in [2.24, 2.45) is 4.99 Å². The van der Waals surface area contributed by atoms with E-state index in [0.29, 0.717) is 19.0 Å². The third kappa shape index (κ3) is 2.77. The fourth-order valence-electron chi connectivity index (χ4n) is 3.25. The Kier molecular flexibility index (Phi) is 3.96. The monoisotopic (exact) mass is 366 g/mol. The number of amidine groups is 1. The molecule has 0 radical (unpaired) electrons. The summed E-state index contributed by atoms with van der Waals surface area (Å²) < 4.78 is 35.2. The van der Waals surface area contributed by atoms with Gasteiger partial charge >= 0.3 is 0 Å². The number of ether oxygens (including phenoxy) is 2. The Labute approximate surface area is 145 Å². The van der Waals surface area contributed by atoms with Crippen molar-refractivity contribution >= 4 is 32.5 Å². The van der Waals surface area contributed by atoms with Crippen molar-refractivity contribution in [2.45, 2.75) is 12.1 Å². The molecule has 2 atom stereocenters. The maximum atomic E-state index is 12.0. The summed E-state index contributed by atoms with van der Waals surface area (Å²) in [4.78, 5) is 6.69. The summed E-state index contributed by atoms with van der Waals surface area (Å²) in [5.41, 5.74) is 0.888. The fraction of sp³-hybridized carbons (Fsp3) is 0.438. The van der Waals surface area contributed by atoms with E-state index in [1.807, 2.05) is 29.2 Å². The van der Waals surface area contributed by atoms with Gasteiger partial charge in [-0.1, -0.05) is 17.8 Å². The average molecular weight is 366 g/mol. The molecule has 1 saturated heterocycles. The number of nitrogens with zero attached hydrogens (tertiary/aromatic N) is 2. The molecular formula is C16H18N2O4S2. The molecular weight excluding hydrogens is 348 g/mol. The first-order chi connectivity index (χ1) is 11.6. The van der Waals surface area contributed by atoms with Crippen molar-refractivity contribution in [3.05, 3.63) is 30.9 Å². The summed E-state index contributed by atoms with van der Waals surface area (Å²) in [5.74, 6) is 2.39. The van der Waals surface area contributed by atoms with Gasteiger partial charge in [0.05, 0.1) is 23.6 Å². The molecule has 0 saturated carbocycles. The molecule has 3 aliphatic rings. The van der Waals surface area contributed by atoms with E-state index in [1.54, 1.807) is 11.8 Å². The van der Waals surface area contributed by atoms with Gasteiger partial charge < -0.3 is 14.4 Å². The normalized spacial score (nSPS) is 26.8. The molecule has 0 spiro atoms. The first kappa shape index (κ1) is 15.8. The SMILES string of the molecule is C=CCSC1=NC2CS(=O)(=O)CC2N1c1ccc2c(c1)OCCO2. The van der Waals surface area contributed by atoms with Gasteiger partial charge in [-0.2, -0.15) is 0 Å². The van der Waals surface area contributed by atoms with Gasteiger partial charge in [0.1, 0.15) is 13.2 Å². The van der Waals surface area contributed by atoms with E-state index in [-0.39, 0.29) is 23.6 Å². The Balaban J connectivity index is 1.70. The molecule has 1 aromatic carbocycles. The second-order valence-corrected chi connectivity index (χ2v) is 9.06. The smallest absolute Gasteiger partial charge is 0.164 e. The Hall–Kier alpha value is -1.67. The molecule has 0 N–H and O–H groups in total. The lowest BCUT2D eigenvalue weighted by Crippen LogP contribution is -2.39. The van der Waals surface area contributed by atoms with E-state index in [0.717, 1.165) is 22.4 Å². The van der Waals surface area contributed by atoms with E-state index in [1.165, 1.54) is 0 Å². The highest BCUT2D eigenvalue weighted by Crippen LogP contribution is 2.39. The molecule has 6 nitrogen and oxygen atoms in total. The predicted octanol–water partition coefficient (Wildman–Crippen LogP) is 1.72. The van der Waals surface area contributed by atoms with Crippen LogP contribution < -0.4 is 14.4 Å². The molecule has 4 rings (SSSR count). The number of thioether (sulfide) groups is 1. The van der Waals surface area contributed by atoms with Crippen LogP contribution in [0.1, 0.15) is 0 Å². The standard InChI is InChI=1S/C16H18N2O4S2/c1-2-7-23-16-17-12-9-24(19,20)10-13(12)18(16)11-3-4-14-15(8-11)22-6-5-21-14/h2-4,8,12-13H,1,5-7,9-10H2. The first-order valence-electron chi connectivity index (χ1n) is 7.78. The van der Waals surface area contributed by atoms with Gasteiger partial charge in [-0.15, -0.1) is 6.58 Å². The molecule has 24 heavy (non-hydrogen) atoms. The zero-order valence-electron chi connectivity index (χ0n) is 13.1. The number of rotatable bonds is 3. The van der Waals surface area contributed by atoms with Crippen LogP contribution in [0.25, 0.3) is 0 Å². The van der Waals surface area contributed by atoms with Crippen molar-refractivity contribution in [1.82, 2.24) is 0 Å². The largest absolute Gasteiger partial charge is 0.486 e. The van der Waals surface area contributed by atoms with Gasteiger partial charge in [-0.05, 0) is 12.1 Å². The minimum absolute atomic E-state index is 0.122. The molecule has 1 fully saturated rings. The van der Waals surface area contributed by atoms with Crippen molar-refractivity contribution in [3.8, 4) is 11.5 Å². The molecule has 0 aromatic heterocycles. The highest BCUT2D eigenvalue weighted by molar-refractivity contribution is 8.14. The van der Waals surface area contributed by atoms with Crippen LogP contribution in [-0.2, 0) is 9.84 Å². The van der Waals surface area contributed by atoms with E-state index in [2.05, 4.69) is 11.6 Å². The average Bonchev–Trinajstić information content (AvgIpc) is 3.03. The molecule has 128 valence electrons. The van der Waals surface area contributed by atoms with Crippen LogP contribution in [0.3, 0.4) is 0 Å². The van der Waals surface area contributed by atoms with E-state index < -0.39 is 9.84 Å². The topological polar surface area (TPSA) is 68.2 Å². The molecule has 1 aromatic rings. The summed E-state index contributed by atoms with van der Waals surface area (Å²) in [6, 6.07) is 5.37. The highest BCUT2D eigenvalue weighted by atomic mass is 32.2. The second kappa shape index (κ2) is 6.00. The van der Waals surface area contributed by atoms with Crippen LogP contribution in [-0.4, -0.2) is 56.1 Å². The minimum atomic E-state index is -3.04. The third-order valence-electron chi connectivity index (χ3n) is 4.24. The van der Waals surface area contributed by atoms with Gasteiger partial charge in [0.25, 0.3) is 0 Å². The number of sulfone groups is 1. The van der Waals surface area contributed by atoms with Crippen molar-refractivity contribution in [1.29, 1.82) is 0 Å². The molecule has 8 heteroatoms. The van der Waals surface area contributed by atoms with Crippen LogP contribution in [0.2, 0.25) is 0 Å². The lowest BCUT2D eigenvalue weighted by Gasteiger charge is -2.28. The van der Waals surface area contributed by atoms with Crippen LogP contribution in [0.15, 0.2) is 35.8 Å². The third-order valence-corrected chi connectivity index (χ3v) is 6.90. The lowest BCUT2D eigenvalue weighted by atomic mass is 10.1. The zero-order chi connectivity index (χ0) is 16.7. The number of fused-ring (bicyclic) bond motifs is 2. The maximum Gasteiger partial charge on any atom is 0.164 e. The number of benzene rings is 1. The van der Waals surface area contributed by atoms with Gasteiger partial charge in [0.15, 0.2) is 26.5 Å². The summed E-state index contributed by atoms with van der Waals surface area (Å²) in [7, 11) is -3.04. The number of hydrogen-bond donors (Lipinski definition) is 0. The molecule has 0 bridgehead atoms. The van der Waals surface area contributed by atoms with Crippen LogP contribution in [0.5, 0.6) is 11.5 Å². The van der Waals surface area contributed by atoms with Crippen LogP contribution in [0, 0.1) is 0 Å². The van der Waals surface area contributed by atoms with Gasteiger partial charge in [0.2, 0.25) is 0 Å². The summed E-state index contributed by atoms with van der Waals surface area (Å²) in [6.45, 7) is 4.81. The van der Waals surface area contributed by atoms with Crippen molar-refractivity contribution in [3.63, 3.8) is 0 Å². The minimum Gasteiger partial charge on any atom is -0.486 e. The maximum absolute atomic E-state index is 12.0. The van der Waals surface area contributed by atoms with Crippen molar-refractivity contribution in [2.75, 3.05) is 35.4 Å². The Bertz CT molecular complexity index is 806. The lowest BCUT2D eigenvalue weighted by molar-refractivity contribution is 0.171. The summed E-state index contributed by atoms with van der Waals surface area (Å²) in [6.07, 6.45) is 1.82. The first-order valence-corrected chi connectivity index (χ1v) is 10.6. The van der Waals surface area contributed by atoms with E-state index in [9.17, 15) is 8.42 Å². The molecule has 0 aliphatic carbocycles. The molecule has 0 amide bonds. The fourth-order valence-corrected chi connectivity index (χ4v) is 5.95. The second-order valence-electron chi connectivity index (χ2n) is 5.92. The Morgan fingerprint density at radius 2 is 2.08 bits per heavy atom. The Morgan fingerprint density at radius 1 is 1.29 bits per heavy atom. The van der Waals surface area contributed by atoms with Crippen molar-refractivity contribution < 1.29 is 17.9 Å². The van der Waals surface area contributed by atoms with Gasteiger partial charge in [-0.25, -0.2) is 8.42 Å². The number of hydrogen-bond acceptors (Lipinski definition) is 7. The Morgan fingerprint density at radius 3 is 2.88 bits per heavy atom. The molecule has 3 heterocycles. The number of aliphatic imine (C=N–C) groups is 1. The zero-order valence-corrected chi connectivity index (χ0v) is 14.7. The van der Waals surface area contributed by atoms with E-state index >= 15 is 0 Å². The van der Waals surface area contributed by atoms with E-state index in [4.69, 9.17) is 9.47 Å². The number of anilines is 1. The van der Waals surface area contributed by atoms with Crippen LogP contribution in [0.4, 0.5) is 5.69 Å². The molecule has 2 unspecified atom stereocenters. The summed E-state index contributed by atoms with van der Waals surface area (Å²) in [5, 5.41) is 0.844. The van der Waals surface area contributed by atoms with Gasteiger partial charge in [0, 0.05) is 17.5 Å². The highest BCUT2D eigenvalue weighted by Gasteiger charge is 2.47. The molecule has 3 aliphatic heterocycles. The quantitative estimate of drug-likeness (QED) is 0.759. The predicted molar refractivity (Wildman–Crippen MR) is 96.2 cm³/mol. The van der Waals surface area contributed by atoms with Gasteiger partial charge in [-0.3, -0.25) is 4.99 Å². The summed E-state index contributed by atoms with van der Waals surface area (Å²) >= 11 is 1.57.